The van der Waals surface area contributed by atoms with Gasteiger partial charge in [0.2, 0.25) is 5.91 Å². The van der Waals surface area contributed by atoms with Gasteiger partial charge < -0.3 is 24.8 Å². The van der Waals surface area contributed by atoms with E-state index in [1.807, 2.05) is 13.8 Å². The first-order valence-corrected chi connectivity index (χ1v) is 12.0. The average molecular weight is 508 g/mol. The summed E-state index contributed by atoms with van der Waals surface area (Å²) >= 11 is 0. The van der Waals surface area contributed by atoms with Crippen molar-refractivity contribution in [3.8, 4) is 0 Å². The van der Waals surface area contributed by atoms with E-state index >= 15 is 0 Å². The molecule has 0 saturated carbocycles. The molecule has 0 aromatic heterocycles. The number of hydrogen-bond acceptors (Lipinski definition) is 8. The standard InChI is InChI=1S/C24H34FN5O6/c1-16(2)35-24(33)29-9-6-18(7-10-29)36-30-14-21(34-3)23(27-15-30)28-20-5-4-17(12-19(20)25)13-22(32)26-8-11-31/h4-5,12,15-16,18,21,31H,6-11,13-14H2,1-3H3,(H,26,32). The Morgan fingerprint density at radius 2 is 2.06 bits per heavy atom. The van der Waals surface area contributed by atoms with Gasteiger partial charge in [-0.2, -0.15) is 0 Å². The predicted octanol–water partition coefficient (Wildman–Crippen LogP) is 1.81. The molecule has 198 valence electrons. The molecule has 12 heteroatoms. The summed E-state index contributed by atoms with van der Waals surface area (Å²) in [7, 11) is 1.52. The van der Waals surface area contributed by atoms with E-state index in [1.165, 1.54) is 25.6 Å². The van der Waals surface area contributed by atoms with Crippen molar-refractivity contribution in [1.29, 1.82) is 0 Å². The van der Waals surface area contributed by atoms with Crippen molar-refractivity contribution in [2.24, 2.45) is 9.98 Å². The third kappa shape index (κ3) is 7.97. The van der Waals surface area contributed by atoms with Crippen LogP contribution in [0.3, 0.4) is 0 Å². The van der Waals surface area contributed by atoms with Crippen LogP contribution in [0.5, 0.6) is 0 Å². The van der Waals surface area contributed by atoms with Gasteiger partial charge in [-0.05, 0) is 44.4 Å². The number of nitrogens with zero attached hydrogens (tertiary/aromatic N) is 4. The van der Waals surface area contributed by atoms with Gasteiger partial charge in [-0.1, -0.05) is 6.07 Å². The summed E-state index contributed by atoms with van der Waals surface area (Å²) in [5.74, 6) is -0.586. The zero-order valence-corrected chi connectivity index (χ0v) is 20.9. The SMILES string of the molecule is COC1CN(OC2CCN(C(=O)OC(C)C)CC2)C=NC1=Nc1ccc(CC(=O)NCCO)cc1F. The largest absolute Gasteiger partial charge is 0.447 e. The molecule has 2 heterocycles. The molecule has 36 heavy (non-hydrogen) atoms. The molecule has 0 bridgehead atoms. The van der Waals surface area contributed by atoms with Crippen molar-refractivity contribution in [2.45, 2.75) is 51.4 Å². The number of methoxy groups -OCH3 is 1. The minimum Gasteiger partial charge on any atom is -0.447 e. The highest BCUT2D eigenvalue weighted by atomic mass is 19.1. The molecule has 2 N–H and O–H groups in total. The van der Waals surface area contributed by atoms with Crippen LogP contribution >= 0.6 is 0 Å². The highest BCUT2D eigenvalue weighted by molar-refractivity contribution is 5.96. The van der Waals surface area contributed by atoms with Crippen molar-refractivity contribution >= 4 is 29.9 Å². The van der Waals surface area contributed by atoms with Gasteiger partial charge in [-0.25, -0.2) is 24.2 Å². The predicted molar refractivity (Wildman–Crippen MR) is 131 cm³/mol. The first kappa shape index (κ1) is 27.5. The summed E-state index contributed by atoms with van der Waals surface area (Å²) in [5, 5.41) is 12.9. The van der Waals surface area contributed by atoms with Crippen molar-refractivity contribution in [3.63, 3.8) is 0 Å². The lowest BCUT2D eigenvalue weighted by Crippen LogP contribution is -2.46. The van der Waals surface area contributed by atoms with E-state index in [-0.39, 0.29) is 49.5 Å². The zero-order chi connectivity index (χ0) is 26.1. The summed E-state index contributed by atoms with van der Waals surface area (Å²) in [6.07, 6.45) is 1.70. The molecule has 1 atom stereocenters. The van der Waals surface area contributed by atoms with Gasteiger partial charge >= 0.3 is 6.09 Å². The summed E-state index contributed by atoms with van der Waals surface area (Å²) in [6.45, 7) is 5.03. The minimum atomic E-state index is -0.582. The number of hydrogen-bond donors (Lipinski definition) is 2. The van der Waals surface area contributed by atoms with Crippen molar-refractivity contribution in [2.75, 3.05) is 39.9 Å². The normalized spacial score (nSPS) is 19.7. The number of aliphatic imine (C=N–C) groups is 2. The molecule has 0 spiro atoms. The molecule has 11 nitrogen and oxygen atoms in total. The highest BCUT2D eigenvalue weighted by Crippen LogP contribution is 2.22. The number of nitrogens with one attached hydrogen (secondary N) is 1. The Bertz CT molecular complexity index is 964. The number of aliphatic hydroxyl groups is 1. The Balaban J connectivity index is 1.57. The van der Waals surface area contributed by atoms with Crippen LogP contribution in [0.15, 0.2) is 28.2 Å². The maximum absolute atomic E-state index is 14.6. The molecule has 2 amide bonds. The molecule has 1 aromatic carbocycles. The topological polar surface area (TPSA) is 125 Å². The maximum atomic E-state index is 14.6. The lowest BCUT2D eigenvalue weighted by molar-refractivity contribution is -0.165. The summed E-state index contributed by atoms with van der Waals surface area (Å²) in [4.78, 5) is 40.1. The fourth-order valence-electron chi connectivity index (χ4n) is 3.78. The zero-order valence-electron chi connectivity index (χ0n) is 20.9. The summed E-state index contributed by atoms with van der Waals surface area (Å²) in [6, 6.07) is 4.36. The molecule has 1 fully saturated rings. The van der Waals surface area contributed by atoms with E-state index in [0.29, 0.717) is 43.9 Å². The number of amides is 2. The lowest BCUT2D eigenvalue weighted by atomic mass is 10.1. The number of likely N-dealkylation sites (tertiary alicyclic amines) is 1. The van der Waals surface area contributed by atoms with Crippen LogP contribution in [0.2, 0.25) is 0 Å². The second-order valence-corrected chi connectivity index (χ2v) is 8.80. The molecule has 2 aliphatic heterocycles. The fourth-order valence-corrected chi connectivity index (χ4v) is 3.78. The molecule has 1 saturated heterocycles. The van der Waals surface area contributed by atoms with E-state index in [4.69, 9.17) is 19.4 Å². The van der Waals surface area contributed by atoms with E-state index in [2.05, 4.69) is 15.3 Å². The molecule has 0 radical (unpaired) electrons. The highest BCUT2D eigenvalue weighted by Gasteiger charge is 2.29. The Morgan fingerprint density at radius 1 is 1.31 bits per heavy atom. The van der Waals surface area contributed by atoms with Crippen molar-refractivity contribution in [3.05, 3.63) is 29.6 Å². The Labute approximate surface area is 209 Å². The van der Waals surface area contributed by atoms with Crippen LogP contribution in [-0.2, 0) is 25.5 Å². The number of aliphatic hydroxyl groups excluding tert-OH is 1. The van der Waals surface area contributed by atoms with Gasteiger partial charge in [-0.15, -0.1) is 0 Å². The van der Waals surface area contributed by atoms with Crippen LogP contribution in [-0.4, -0.2) is 97.5 Å². The quantitative estimate of drug-likeness (QED) is 0.522. The van der Waals surface area contributed by atoms with Gasteiger partial charge in [0.1, 0.15) is 23.9 Å². The first-order chi connectivity index (χ1) is 17.3. The van der Waals surface area contributed by atoms with E-state index < -0.39 is 11.9 Å². The summed E-state index contributed by atoms with van der Waals surface area (Å²) < 4.78 is 25.4. The van der Waals surface area contributed by atoms with E-state index in [0.717, 1.165) is 0 Å². The number of carbonyl (C=O) groups excluding carboxylic acids is 2. The van der Waals surface area contributed by atoms with Crippen LogP contribution in [0.4, 0.5) is 14.9 Å². The molecular weight excluding hydrogens is 473 g/mol. The fraction of sp³-hybridized carbons (Fsp3) is 0.583. The van der Waals surface area contributed by atoms with E-state index in [9.17, 15) is 14.0 Å². The Kier molecular flexibility index (Phi) is 10.1. The lowest BCUT2D eigenvalue weighted by Gasteiger charge is -2.35. The van der Waals surface area contributed by atoms with Gasteiger partial charge in [-0.3, -0.25) is 9.63 Å². The molecule has 1 unspecified atom stereocenters. The minimum absolute atomic E-state index is 0.00322. The molecule has 3 rings (SSSR count). The third-order valence-corrected chi connectivity index (χ3v) is 5.60. The smallest absolute Gasteiger partial charge is 0.410 e. The summed E-state index contributed by atoms with van der Waals surface area (Å²) in [5.41, 5.74) is 0.573. The first-order valence-electron chi connectivity index (χ1n) is 12.0. The van der Waals surface area contributed by atoms with Crippen LogP contribution in [0.1, 0.15) is 32.3 Å². The number of halogens is 1. The van der Waals surface area contributed by atoms with E-state index in [1.54, 1.807) is 16.0 Å². The van der Waals surface area contributed by atoms with Crippen molar-refractivity contribution in [1.82, 2.24) is 15.3 Å². The number of rotatable bonds is 9. The van der Waals surface area contributed by atoms with Gasteiger partial charge in [0.15, 0.2) is 5.84 Å². The second kappa shape index (κ2) is 13.3. The monoisotopic (exact) mass is 507 g/mol. The number of amidine groups is 1. The van der Waals surface area contributed by atoms with Crippen LogP contribution < -0.4 is 5.32 Å². The number of benzene rings is 1. The van der Waals surface area contributed by atoms with Gasteiger partial charge in [0.25, 0.3) is 0 Å². The van der Waals surface area contributed by atoms with Gasteiger partial charge in [0, 0.05) is 26.7 Å². The van der Waals surface area contributed by atoms with Crippen LogP contribution in [0.25, 0.3) is 0 Å². The third-order valence-electron chi connectivity index (χ3n) is 5.60. The molecule has 2 aliphatic rings. The number of hydroxylamine groups is 2. The number of piperidine rings is 1. The number of ether oxygens (including phenoxy) is 2. The van der Waals surface area contributed by atoms with Crippen molar-refractivity contribution < 1.29 is 33.4 Å². The molecular formula is C24H34FN5O6. The Hall–Kier alpha value is -3.09. The maximum Gasteiger partial charge on any atom is 0.410 e. The second-order valence-electron chi connectivity index (χ2n) is 8.80. The molecule has 1 aromatic rings. The number of carbonyl (C=O) groups is 2. The average Bonchev–Trinajstić information content (AvgIpc) is 2.85. The van der Waals surface area contributed by atoms with Crippen LogP contribution in [0, 0.1) is 5.82 Å². The molecule has 0 aliphatic carbocycles. The van der Waals surface area contributed by atoms with Gasteiger partial charge in [0.05, 0.1) is 31.8 Å². The Morgan fingerprint density at radius 3 is 2.69 bits per heavy atom.